The van der Waals surface area contributed by atoms with Crippen LogP contribution in [0.5, 0.6) is 0 Å². The van der Waals surface area contributed by atoms with Crippen molar-refractivity contribution in [3.05, 3.63) is 58.7 Å². The predicted octanol–water partition coefficient (Wildman–Crippen LogP) is 5.87. The molecule has 3 heterocycles. The molecule has 1 N–H and O–H groups in total. The van der Waals surface area contributed by atoms with E-state index < -0.39 is 0 Å². The number of allylic oxidation sites excluding steroid dienone is 2. The third kappa shape index (κ3) is 5.38. The molecule has 0 saturated carbocycles. The van der Waals surface area contributed by atoms with Crippen LogP contribution in [-0.4, -0.2) is 54.4 Å². The number of ketones is 1. The Balaban J connectivity index is 1.49. The second kappa shape index (κ2) is 10.4. The van der Waals surface area contributed by atoms with E-state index in [1.54, 1.807) is 14.2 Å². The Kier molecular flexibility index (Phi) is 7.39. The van der Waals surface area contributed by atoms with E-state index in [0.29, 0.717) is 36.1 Å². The van der Waals surface area contributed by atoms with Crippen LogP contribution in [0.1, 0.15) is 97.7 Å². The van der Waals surface area contributed by atoms with Gasteiger partial charge in [0.2, 0.25) is 5.78 Å². The van der Waals surface area contributed by atoms with Crippen molar-refractivity contribution in [2.45, 2.75) is 82.3 Å². The standard InChI is InChI=1S/C32H40N2O4/c1-6-26-19-33-29(34-26)28(35)16-24-8-7-23(15-27(24)22-9-11-30(2,3)12-10-22)25-17-31(20-36-4)13-14-32(18-25,38-31)21-37-5/h1,7-9,15,19,25H,10-14,16-18,20-21H2,2-5H3,(H,33,34)/t25?,31-,32+. The highest BCUT2D eigenvalue weighted by Gasteiger charge is 2.55. The van der Waals surface area contributed by atoms with E-state index in [9.17, 15) is 4.79 Å². The Morgan fingerprint density at radius 3 is 2.45 bits per heavy atom. The summed E-state index contributed by atoms with van der Waals surface area (Å²) in [5, 5.41) is 0. The highest BCUT2D eigenvalue weighted by Crippen LogP contribution is 2.54. The van der Waals surface area contributed by atoms with Gasteiger partial charge in [-0.25, -0.2) is 4.98 Å². The average molecular weight is 517 g/mol. The van der Waals surface area contributed by atoms with Gasteiger partial charge in [0.15, 0.2) is 5.82 Å². The van der Waals surface area contributed by atoms with Gasteiger partial charge in [-0.2, -0.15) is 0 Å². The Hall–Kier alpha value is -2.72. The summed E-state index contributed by atoms with van der Waals surface area (Å²) in [7, 11) is 3.51. The van der Waals surface area contributed by atoms with Gasteiger partial charge in [-0.3, -0.25) is 4.79 Å². The number of nitrogens with zero attached hydrogens (tertiary/aromatic N) is 1. The Morgan fingerprint density at radius 2 is 1.87 bits per heavy atom. The van der Waals surface area contributed by atoms with Crippen molar-refractivity contribution in [3.63, 3.8) is 0 Å². The van der Waals surface area contributed by atoms with Gasteiger partial charge in [-0.15, -0.1) is 6.42 Å². The van der Waals surface area contributed by atoms with Crippen molar-refractivity contribution in [2.75, 3.05) is 27.4 Å². The molecule has 2 bridgehead atoms. The maximum absolute atomic E-state index is 13.2. The number of Topliss-reactive ketones (excluding diaryl/α,β-unsaturated/α-hetero) is 1. The molecule has 2 aliphatic heterocycles. The quantitative estimate of drug-likeness (QED) is 0.333. The molecule has 38 heavy (non-hydrogen) atoms. The van der Waals surface area contributed by atoms with Crippen LogP contribution in [0.4, 0.5) is 0 Å². The van der Waals surface area contributed by atoms with E-state index in [1.807, 2.05) is 0 Å². The third-order valence-electron chi connectivity index (χ3n) is 8.79. The first-order chi connectivity index (χ1) is 18.2. The molecule has 1 aliphatic carbocycles. The van der Waals surface area contributed by atoms with Crippen LogP contribution in [-0.2, 0) is 20.6 Å². The normalized spacial score (nSPS) is 28.1. The zero-order valence-electron chi connectivity index (χ0n) is 23.2. The zero-order valence-corrected chi connectivity index (χ0v) is 23.2. The number of carbonyl (C=O) groups excluding carboxylic acids is 1. The molecule has 202 valence electrons. The first-order valence-corrected chi connectivity index (χ1v) is 13.7. The fraction of sp³-hybridized carbons (Fsp3) is 0.562. The molecule has 3 aliphatic rings. The van der Waals surface area contributed by atoms with E-state index in [2.05, 4.69) is 54.0 Å². The van der Waals surface area contributed by atoms with Crippen molar-refractivity contribution in [1.29, 1.82) is 0 Å². The highest BCUT2D eigenvalue weighted by atomic mass is 16.6. The van der Waals surface area contributed by atoms with Crippen molar-refractivity contribution in [1.82, 2.24) is 9.97 Å². The number of rotatable bonds is 9. The van der Waals surface area contributed by atoms with Crippen LogP contribution in [0.15, 0.2) is 30.5 Å². The number of methoxy groups -OCH3 is 2. The number of carbonyl (C=O) groups is 1. The third-order valence-corrected chi connectivity index (χ3v) is 8.79. The van der Waals surface area contributed by atoms with E-state index >= 15 is 0 Å². The fourth-order valence-corrected chi connectivity index (χ4v) is 6.77. The van der Waals surface area contributed by atoms with E-state index in [4.69, 9.17) is 20.6 Å². The molecule has 0 spiro atoms. The lowest BCUT2D eigenvalue weighted by Gasteiger charge is -2.44. The van der Waals surface area contributed by atoms with Gasteiger partial charge in [-0.05, 0) is 78.5 Å². The van der Waals surface area contributed by atoms with E-state index in [0.717, 1.165) is 50.5 Å². The first-order valence-electron chi connectivity index (χ1n) is 13.7. The Labute approximate surface area is 226 Å². The summed E-state index contributed by atoms with van der Waals surface area (Å²) in [5.74, 6) is 3.11. The molecule has 1 aromatic carbocycles. The molecule has 6 heteroatoms. The van der Waals surface area contributed by atoms with Crippen molar-refractivity contribution >= 4 is 11.4 Å². The van der Waals surface area contributed by atoms with Gasteiger partial charge in [0.25, 0.3) is 0 Å². The lowest BCUT2D eigenvalue weighted by Crippen LogP contribution is -2.48. The molecule has 6 nitrogen and oxygen atoms in total. The number of aromatic nitrogens is 2. The molecule has 1 aromatic heterocycles. The Bertz CT molecular complexity index is 1250. The molecule has 2 aromatic rings. The van der Waals surface area contributed by atoms with Crippen LogP contribution in [0.3, 0.4) is 0 Å². The number of nitrogens with one attached hydrogen (secondary N) is 1. The number of ether oxygens (including phenoxy) is 3. The number of imidazole rings is 1. The van der Waals surface area contributed by atoms with Crippen LogP contribution >= 0.6 is 0 Å². The van der Waals surface area contributed by atoms with Crippen molar-refractivity contribution < 1.29 is 19.0 Å². The first kappa shape index (κ1) is 26.9. The van der Waals surface area contributed by atoms with Crippen LogP contribution < -0.4 is 0 Å². The Morgan fingerprint density at radius 1 is 1.16 bits per heavy atom. The van der Waals surface area contributed by atoms with Gasteiger partial charge >= 0.3 is 0 Å². The molecule has 2 fully saturated rings. The number of hydrogen-bond acceptors (Lipinski definition) is 5. The summed E-state index contributed by atoms with van der Waals surface area (Å²) >= 11 is 0. The lowest BCUT2D eigenvalue weighted by molar-refractivity contribution is -0.184. The average Bonchev–Trinajstić information content (AvgIpc) is 3.47. The number of aromatic amines is 1. The molecule has 0 radical (unpaired) electrons. The molecule has 0 amide bonds. The lowest BCUT2D eigenvalue weighted by atomic mass is 9.75. The maximum Gasteiger partial charge on any atom is 0.202 e. The number of hydrogen-bond donors (Lipinski definition) is 1. The highest BCUT2D eigenvalue weighted by molar-refractivity contribution is 5.95. The summed E-state index contributed by atoms with van der Waals surface area (Å²) in [4.78, 5) is 20.3. The summed E-state index contributed by atoms with van der Waals surface area (Å²) in [6.45, 7) is 5.84. The smallest absolute Gasteiger partial charge is 0.202 e. The molecular weight excluding hydrogens is 476 g/mol. The minimum Gasteiger partial charge on any atom is -0.382 e. The summed E-state index contributed by atoms with van der Waals surface area (Å²) < 4.78 is 17.9. The molecule has 5 rings (SSSR count). The number of benzene rings is 1. The van der Waals surface area contributed by atoms with Crippen molar-refractivity contribution in [3.8, 4) is 12.3 Å². The topological polar surface area (TPSA) is 73.4 Å². The minimum atomic E-state index is -0.271. The van der Waals surface area contributed by atoms with Crippen LogP contribution in [0.25, 0.3) is 5.57 Å². The largest absolute Gasteiger partial charge is 0.382 e. The molecule has 3 atom stereocenters. The molecular formula is C32H40N2O4. The molecule has 1 unspecified atom stereocenters. The molecule has 2 saturated heterocycles. The summed E-state index contributed by atoms with van der Waals surface area (Å²) in [5.41, 5.74) is 5.15. The van der Waals surface area contributed by atoms with Gasteiger partial charge in [-0.1, -0.05) is 44.0 Å². The van der Waals surface area contributed by atoms with E-state index in [1.165, 1.54) is 22.9 Å². The maximum atomic E-state index is 13.2. The van der Waals surface area contributed by atoms with Crippen LogP contribution in [0.2, 0.25) is 0 Å². The summed E-state index contributed by atoms with van der Waals surface area (Å²) in [6.07, 6.45) is 16.7. The zero-order chi connectivity index (χ0) is 27.0. The van der Waals surface area contributed by atoms with Crippen molar-refractivity contribution in [2.24, 2.45) is 5.41 Å². The van der Waals surface area contributed by atoms with Gasteiger partial charge in [0.1, 0.15) is 5.69 Å². The fourth-order valence-electron chi connectivity index (χ4n) is 6.77. The van der Waals surface area contributed by atoms with Gasteiger partial charge in [0, 0.05) is 20.6 Å². The number of H-pyrrole nitrogens is 1. The minimum absolute atomic E-state index is 0.0561. The van der Waals surface area contributed by atoms with Gasteiger partial charge < -0.3 is 19.2 Å². The predicted molar refractivity (Wildman–Crippen MR) is 148 cm³/mol. The second-order valence-electron chi connectivity index (χ2n) is 12.3. The number of terminal acetylenes is 1. The van der Waals surface area contributed by atoms with Gasteiger partial charge in [0.05, 0.1) is 30.6 Å². The van der Waals surface area contributed by atoms with Crippen LogP contribution in [0, 0.1) is 17.8 Å². The summed E-state index contributed by atoms with van der Waals surface area (Å²) in [6, 6.07) is 6.71. The monoisotopic (exact) mass is 516 g/mol. The second-order valence-corrected chi connectivity index (χ2v) is 12.3. The van der Waals surface area contributed by atoms with E-state index in [-0.39, 0.29) is 23.4 Å². The number of fused-ring (bicyclic) bond motifs is 2. The SMILES string of the molecule is C#Cc1cnc(C(=O)Cc2ccc(C3C[C@@]4(COC)CC[C@@](COC)(C3)O4)cc2C2=CCC(C)(C)CC2)[nH]1.